The summed E-state index contributed by atoms with van der Waals surface area (Å²) < 4.78 is 0. The molecule has 0 aliphatic carbocycles. The molecular weight excluding hydrogens is 284 g/mol. The number of amides is 1. The number of carbonyl (C=O) groups is 1. The van der Waals surface area contributed by atoms with Crippen molar-refractivity contribution in [3.63, 3.8) is 0 Å². The fraction of sp³-hybridized carbons (Fsp3) is 0.800. The molecule has 2 atom stereocenters. The van der Waals surface area contributed by atoms with E-state index in [1.807, 2.05) is 4.90 Å². The van der Waals surface area contributed by atoms with Gasteiger partial charge in [0.2, 0.25) is 5.91 Å². The number of piperidine rings is 1. The minimum atomic E-state index is 0.192. The van der Waals surface area contributed by atoms with Crippen LogP contribution >= 0.6 is 11.3 Å². The highest BCUT2D eigenvalue weighted by Gasteiger charge is 2.28. The van der Waals surface area contributed by atoms with E-state index in [1.54, 1.807) is 18.3 Å². The molecule has 1 aromatic rings. The second-order valence-corrected chi connectivity index (χ2v) is 7.19. The van der Waals surface area contributed by atoms with Crippen molar-refractivity contribution in [2.45, 2.75) is 59.0 Å². The van der Waals surface area contributed by atoms with E-state index in [-0.39, 0.29) is 5.91 Å². The number of carbonyl (C=O) groups excluding carboxylic acids is 1. The summed E-state index contributed by atoms with van der Waals surface area (Å²) in [6, 6.07) is 0.469. The Morgan fingerprint density at radius 3 is 2.81 bits per heavy atom. The van der Waals surface area contributed by atoms with E-state index >= 15 is 0 Å². The van der Waals surface area contributed by atoms with Crippen LogP contribution in [0.15, 0.2) is 0 Å². The third-order valence-corrected chi connectivity index (χ3v) is 5.42. The molecule has 0 saturated carbocycles. The van der Waals surface area contributed by atoms with Crippen molar-refractivity contribution in [2.24, 2.45) is 5.92 Å². The van der Waals surface area contributed by atoms with Crippen molar-refractivity contribution in [1.29, 1.82) is 0 Å². The van der Waals surface area contributed by atoms with Crippen molar-refractivity contribution in [2.75, 3.05) is 13.1 Å². The molecule has 5 nitrogen and oxygen atoms in total. The summed E-state index contributed by atoms with van der Waals surface area (Å²) >= 11 is 1.69. The second kappa shape index (κ2) is 7.31. The molecule has 1 amide bonds. The van der Waals surface area contributed by atoms with Crippen molar-refractivity contribution in [3.05, 3.63) is 10.0 Å². The molecule has 2 unspecified atom stereocenters. The van der Waals surface area contributed by atoms with Gasteiger partial charge in [0.1, 0.15) is 10.0 Å². The Hall–Kier alpha value is -1.01. The monoisotopic (exact) mass is 310 g/mol. The van der Waals surface area contributed by atoms with E-state index in [4.69, 9.17) is 0 Å². The van der Waals surface area contributed by atoms with Gasteiger partial charge in [-0.15, -0.1) is 10.2 Å². The van der Waals surface area contributed by atoms with Crippen molar-refractivity contribution < 1.29 is 4.79 Å². The molecular formula is C15H26N4OS. The van der Waals surface area contributed by atoms with E-state index < -0.39 is 0 Å². The van der Waals surface area contributed by atoms with Gasteiger partial charge in [-0.05, 0) is 12.3 Å². The van der Waals surface area contributed by atoms with E-state index in [2.05, 4.69) is 36.3 Å². The summed E-state index contributed by atoms with van der Waals surface area (Å²) in [5.74, 6) is 1.16. The molecule has 2 rings (SSSR count). The van der Waals surface area contributed by atoms with E-state index in [0.717, 1.165) is 42.5 Å². The van der Waals surface area contributed by atoms with Gasteiger partial charge in [0, 0.05) is 38.5 Å². The summed E-state index contributed by atoms with van der Waals surface area (Å²) in [5, 5.41) is 14.3. The van der Waals surface area contributed by atoms with Gasteiger partial charge >= 0.3 is 0 Å². The Kier molecular flexibility index (Phi) is 5.70. The summed E-state index contributed by atoms with van der Waals surface area (Å²) in [4.78, 5) is 13.5. The maximum atomic E-state index is 11.5. The molecule has 1 fully saturated rings. The Bertz CT molecular complexity index is 474. The Morgan fingerprint density at radius 1 is 1.48 bits per heavy atom. The maximum absolute atomic E-state index is 11.5. The molecule has 0 radical (unpaired) electrons. The highest BCUT2D eigenvalue weighted by atomic mass is 32.1. The van der Waals surface area contributed by atoms with Crippen LogP contribution in [-0.2, 0) is 11.3 Å². The fourth-order valence-corrected chi connectivity index (χ4v) is 3.59. The van der Waals surface area contributed by atoms with Crippen LogP contribution in [0.4, 0.5) is 0 Å². The highest BCUT2D eigenvalue weighted by molar-refractivity contribution is 7.11. The summed E-state index contributed by atoms with van der Waals surface area (Å²) in [5.41, 5.74) is 0. The smallest absolute Gasteiger partial charge is 0.219 e. The topological polar surface area (TPSA) is 58.1 Å². The first-order chi connectivity index (χ1) is 10.0. The fourth-order valence-electron chi connectivity index (χ4n) is 2.79. The Labute approximate surface area is 131 Å². The highest BCUT2D eigenvalue weighted by Crippen LogP contribution is 2.22. The first-order valence-corrected chi connectivity index (χ1v) is 8.64. The largest absolute Gasteiger partial charge is 0.343 e. The summed E-state index contributed by atoms with van der Waals surface area (Å²) in [6.07, 6.45) is 2.11. The van der Waals surface area contributed by atoms with Crippen LogP contribution in [0.25, 0.3) is 0 Å². The number of hydrogen-bond donors (Lipinski definition) is 1. The lowest BCUT2D eigenvalue weighted by molar-refractivity contribution is -0.131. The van der Waals surface area contributed by atoms with Crippen LogP contribution in [0.2, 0.25) is 0 Å². The lowest BCUT2D eigenvalue weighted by atomic mass is 9.90. The van der Waals surface area contributed by atoms with Crippen LogP contribution < -0.4 is 5.32 Å². The van der Waals surface area contributed by atoms with Gasteiger partial charge in [0.15, 0.2) is 0 Å². The van der Waals surface area contributed by atoms with Crippen molar-refractivity contribution >= 4 is 17.2 Å². The van der Waals surface area contributed by atoms with Gasteiger partial charge in [-0.3, -0.25) is 4.79 Å². The lowest BCUT2D eigenvalue weighted by Gasteiger charge is -2.38. The maximum Gasteiger partial charge on any atom is 0.219 e. The second-order valence-electron chi connectivity index (χ2n) is 6.10. The normalized spacial score (nSPS) is 22.8. The number of nitrogens with one attached hydrogen (secondary N) is 1. The summed E-state index contributed by atoms with van der Waals surface area (Å²) in [7, 11) is 0. The molecule has 1 aromatic heterocycles. The first-order valence-electron chi connectivity index (χ1n) is 7.82. The first kappa shape index (κ1) is 16.4. The van der Waals surface area contributed by atoms with Gasteiger partial charge in [-0.2, -0.15) is 0 Å². The van der Waals surface area contributed by atoms with Crippen LogP contribution in [0, 0.1) is 5.92 Å². The van der Waals surface area contributed by atoms with Crippen LogP contribution in [0.1, 0.15) is 56.5 Å². The van der Waals surface area contributed by atoms with Crippen LogP contribution in [0.5, 0.6) is 0 Å². The third kappa shape index (κ3) is 4.23. The zero-order valence-corrected chi connectivity index (χ0v) is 14.2. The molecule has 2 heterocycles. The molecule has 1 aliphatic rings. The van der Waals surface area contributed by atoms with Gasteiger partial charge in [-0.25, -0.2) is 0 Å². The molecule has 0 bridgehead atoms. The van der Waals surface area contributed by atoms with Crippen LogP contribution in [-0.4, -0.2) is 40.1 Å². The summed E-state index contributed by atoms with van der Waals surface area (Å²) in [6.45, 7) is 10.7. The van der Waals surface area contributed by atoms with Gasteiger partial charge < -0.3 is 10.2 Å². The SMILES string of the molecule is CCC1CN(C(C)=O)CCC1NCc1nnc(C(C)C)s1. The molecule has 1 aliphatic heterocycles. The molecule has 6 heteroatoms. The number of rotatable bonds is 5. The van der Waals surface area contributed by atoms with Gasteiger partial charge in [-0.1, -0.05) is 38.5 Å². The van der Waals surface area contributed by atoms with Crippen molar-refractivity contribution in [3.8, 4) is 0 Å². The van der Waals surface area contributed by atoms with E-state index in [9.17, 15) is 4.79 Å². The number of likely N-dealkylation sites (tertiary alicyclic amines) is 1. The zero-order valence-electron chi connectivity index (χ0n) is 13.4. The standard InChI is InChI=1S/C15H26N4OS/c1-5-12-9-19(11(4)20)7-6-13(12)16-8-14-17-18-15(21-14)10(2)3/h10,12-13,16H,5-9H2,1-4H3. The third-order valence-electron chi connectivity index (χ3n) is 4.20. The van der Waals surface area contributed by atoms with Gasteiger partial charge in [0.25, 0.3) is 0 Å². The minimum absolute atomic E-state index is 0.192. The van der Waals surface area contributed by atoms with Crippen molar-refractivity contribution in [1.82, 2.24) is 20.4 Å². The quantitative estimate of drug-likeness (QED) is 0.907. The van der Waals surface area contributed by atoms with E-state index in [1.165, 1.54) is 0 Å². The molecule has 21 heavy (non-hydrogen) atoms. The Balaban J connectivity index is 1.88. The predicted octanol–water partition coefficient (Wildman–Crippen LogP) is 2.40. The van der Waals surface area contributed by atoms with E-state index in [0.29, 0.717) is 17.9 Å². The molecule has 118 valence electrons. The number of hydrogen-bond acceptors (Lipinski definition) is 5. The molecule has 1 saturated heterocycles. The molecule has 0 aromatic carbocycles. The predicted molar refractivity (Wildman–Crippen MR) is 85.3 cm³/mol. The lowest BCUT2D eigenvalue weighted by Crippen LogP contribution is -2.50. The number of aromatic nitrogens is 2. The van der Waals surface area contributed by atoms with Crippen LogP contribution in [0.3, 0.4) is 0 Å². The average molecular weight is 310 g/mol. The Morgan fingerprint density at radius 2 is 2.24 bits per heavy atom. The number of nitrogens with zero attached hydrogens (tertiary/aromatic N) is 3. The minimum Gasteiger partial charge on any atom is -0.343 e. The zero-order chi connectivity index (χ0) is 15.4. The molecule has 0 spiro atoms. The van der Waals surface area contributed by atoms with Gasteiger partial charge in [0.05, 0.1) is 0 Å². The molecule has 1 N–H and O–H groups in total. The average Bonchev–Trinajstić information content (AvgIpc) is 2.93.